The fraction of sp³-hybridized carbons (Fsp3) is 1.00. The number of likely N-dealkylation sites (tertiary alicyclic amines) is 1. The van der Waals surface area contributed by atoms with Crippen LogP contribution in [0.2, 0.25) is 0 Å². The normalized spacial score (nSPS) is 37.0. The zero-order valence-electron chi connectivity index (χ0n) is 13.5. The van der Waals surface area contributed by atoms with Crippen LogP contribution in [-0.2, 0) is 0 Å². The zero-order valence-corrected chi connectivity index (χ0v) is 13.5. The van der Waals surface area contributed by atoms with E-state index in [2.05, 4.69) is 25.7 Å². The standard InChI is InChI=1S/C17H33NO2/c1-17(2,3)14-6-4-13(5-7-14)11-18-9-8-16(20)10-15(18)12-19/h13-16,19-20H,4-12H2,1-3H3. The molecule has 20 heavy (non-hydrogen) atoms. The molecule has 0 spiro atoms. The molecular weight excluding hydrogens is 250 g/mol. The predicted molar refractivity (Wildman–Crippen MR) is 82.6 cm³/mol. The molecule has 1 aliphatic heterocycles. The van der Waals surface area contributed by atoms with Gasteiger partial charge < -0.3 is 10.2 Å². The Morgan fingerprint density at radius 1 is 1.05 bits per heavy atom. The summed E-state index contributed by atoms with van der Waals surface area (Å²) >= 11 is 0. The topological polar surface area (TPSA) is 43.7 Å². The Labute approximate surface area is 124 Å². The van der Waals surface area contributed by atoms with Gasteiger partial charge in [-0.25, -0.2) is 0 Å². The van der Waals surface area contributed by atoms with E-state index < -0.39 is 0 Å². The van der Waals surface area contributed by atoms with Crippen LogP contribution in [0.4, 0.5) is 0 Å². The number of hydrogen-bond acceptors (Lipinski definition) is 3. The molecule has 2 atom stereocenters. The zero-order chi connectivity index (χ0) is 14.8. The van der Waals surface area contributed by atoms with Gasteiger partial charge in [-0.1, -0.05) is 20.8 Å². The van der Waals surface area contributed by atoms with Crippen LogP contribution in [-0.4, -0.2) is 47.0 Å². The molecule has 0 radical (unpaired) electrons. The summed E-state index contributed by atoms with van der Waals surface area (Å²) in [6.45, 7) is 9.36. The van der Waals surface area contributed by atoms with Gasteiger partial charge in [-0.2, -0.15) is 0 Å². The molecule has 2 N–H and O–H groups in total. The molecule has 2 fully saturated rings. The second kappa shape index (κ2) is 6.76. The molecule has 1 heterocycles. The fourth-order valence-corrected chi connectivity index (χ4v) is 4.05. The number of hydrogen-bond donors (Lipinski definition) is 2. The molecule has 118 valence electrons. The van der Waals surface area contributed by atoms with E-state index in [0.717, 1.165) is 37.8 Å². The quantitative estimate of drug-likeness (QED) is 0.837. The summed E-state index contributed by atoms with van der Waals surface area (Å²) in [5, 5.41) is 19.2. The number of aliphatic hydroxyl groups is 2. The molecular formula is C17H33NO2. The molecule has 0 bridgehead atoms. The minimum Gasteiger partial charge on any atom is -0.395 e. The summed E-state index contributed by atoms with van der Waals surface area (Å²) in [7, 11) is 0. The largest absolute Gasteiger partial charge is 0.395 e. The molecule has 1 aliphatic carbocycles. The lowest BCUT2D eigenvalue weighted by molar-refractivity contribution is 0.00332. The van der Waals surface area contributed by atoms with Crippen molar-refractivity contribution in [1.82, 2.24) is 4.90 Å². The molecule has 2 unspecified atom stereocenters. The Bertz CT molecular complexity index is 292. The van der Waals surface area contributed by atoms with E-state index >= 15 is 0 Å². The molecule has 1 saturated carbocycles. The van der Waals surface area contributed by atoms with E-state index in [1.165, 1.54) is 25.7 Å². The first kappa shape index (κ1) is 16.3. The van der Waals surface area contributed by atoms with Gasteiger partial charge in [0.1, 0.15) is 0 Å². The van der Waals surface area contributed by atoms with Crippen LogP contribution < -0.4 is 0 Å². The van der Waals surface area contributed by atoms with Gasteiger partial charge in [0.2, 0.25) is 0 Å². The minimum absolute atomic E-state index is 0.180. The smallest absolute Gasteiger partial charge is 0.0587 e. The summed E-state index contributed by atoms with van der Waals surface area (Å²) in [6.07, 6.45) is 6.78. The number of rotatable bonds is 3. The van der Waals surface area contributed by atoms with Crippen molar-refractivity contribution in [3.8, 4) is 0 Å². The lowest BCUT2D eigenvalue weighted by Crippen LogP contribution is -2.48. The Kier molecular flexibility index (Phi) is 5.49. The van der Waals surface area contributed by atoms with E-state index in [1.54, 1.807) is 0 Å². The molecule has 0 amide bonds. The highest BCUT2D eigenvalue weighted by atomic mass is 16.3. The highest BCUT2D eigenvalue weighted by Gasteiger charge is 2.33. The second-order valence-electron chi connectivity index (χ2n) is 8.09. The van der Waals surface area contributed by atoms with Crippen LogP contribution in [0.25, 0.3) is 0 Å². The molecule has 2 aliphatic rings. The van der Waals surface area contributed by atoms with Crippen LogP contribution in [0.15, 0.2) is 0 Å². The summed E-state index contributed by atoms with van der Waals surface area (Å²) in [5.74, 6) is 1.66. The predicted octanol–water partition coefficient (Wildman–Crippen LogP) is 2.66. The van der Waals surface area contributed by atoms with Gasteiger partial charge in [-0.3, -0.25) is 4.90 Å². The van der Waals surface area contributed by atoms with E-state index in [4.69, 9.17) is 0 Å². The lowest BCUT2D eigenvalue weighted by Gasteiger charge is -2.42. The summed E-state index contributed by atoms with van der Waals surface area (Å²) < 4.78 is 0. The third-order valence-electron chi connectivity index (χ3n) is 5.59. The van der Waals surface area contributed by atoms with E-state index in [-0.39, 0.29) is 18.8 Å². The van der Waals surface area contributed by atoms with Crippen LogP contribution in [0.1, 0.15) is 59.3 Å². The first-order chi connectivity index (χ1) is 9.40. The van der Waals surface area contributed by atoms with Crippen molar-refractivity contribution in [2.75, 3.05) is 19.7 Å². The summed E-state index contributed by atoms with van der Waals surface area (Å²) in [4.78, 5) is 2.43. The van der Waals surface area contributed by atoms with E-state index in [0.29, 0.717) is 5.41 Å². The molecule has 2 rings (SSSR count). The third kappa shape index (κ3) is 4.19. The average molecular weight is 283 g/mol. The second-order valence-corrected chi connectivity index (χ2v) is 8.09. The van der Waals surface area contributed by atoms with E-state index in [9.17, 15) is 10.2 Å². The number of piperidine rings is 1. The van der Waals surface area contributed by atoms with Gasteiger partial charge in [0.25, 0.3) is 0 Å². The number of aliphatic hydroxyl groups excluding tert-OH is 2. The summed E-state index contributed by atoms with van der Waals surface area (Å²) in [6, 6.07) is 0.180. The molecule has 3 heteroatoms. The van der Waals surface area contributed by atoms with Crippen LogP contribution in [0.5, 0.6) is 0 Å². The van der Waals surface area contributed by atoms with Crippen LogP contribution in [0, 0.1) is 17.3 Å². The Morgan fingerprint density at radius 3 is 2.25 bits per heavy atom. The highest BCUT2D eigenvalue weighted by molar-refractivity contribution is 4.86. The monoisotopic (exact) mass is 283 g/mol. The maximum absolute atomic E-state index is 9.72. The third-order valence-corrected chi connectivity index (χ3v) is 5.59. The Hall–Kier alpha value is -0.120. The Balaban J connectivity index is 1.80. The van der Waals surface area contributed by atoms with Gasteiger partial charge in [-0.05, 0) is 55.8 Å². The molecule has 1 saturated heterocycles. The Morgan fingerprint density at radius 2 is 1.70 bits per heavy atom. The van der Waals surface area contributed by atoms with Gasteiger partial charge in [-0.15, -0.1) is 0 Å². The van der Waals surface area contributed by atoms with Gasteiger partial charge in [0, 0.05) is 19.1 Å². The van der Waals surface area contributed by atoms with Gasteiger partial charge in [0.15, 0.2) is 0 Å². The van der Waals surface area contributed by atoms with Crippen molar-refractivity contribution in [2.45, 2.75) is 71.4 Å². The number of nitrogens with zero attached hydrogens (tertiary/aromatic N) is 1. The molecule has 0 aromatic rings. The highest BCUT2D eigenvalue weighted by Crippen LogP contribution is 2.40. The molecule has 3 nitrogen and oxygen atoms in total. The van der Waals surface area contributed by atoms with Gasteiger partial charge >= 0.3 is 0 Å². The first-order valence-corrected chi connectivity index (χ1v) is 8.43. The minimum atomic E-state index is -0.208. The average Bonchev–Trinajstić information content (AvgIpc) is 2.40. The van der Waals surface area contributed by atoms with Crippen molar-refractivity contribution in [3.63, 3.8) is 0 Å². The van der Waals surface area contributed by atoms with Crippen molar-refractivity contribution in [1.29, 1.82) is 0 Å². The van der Waals surface area contributed by atoms with Crippen LogP contribution in [0.3, 0.4) is 0 Å². The van der Waals surface area contributed by atoms with Crippen molar-refractivity contribution >= 4 is 0 Å². The maximum atomic E-state index is 9.72. The van der Waals surface area contributed by atoms with Crippen LogP contribution >= 0.6 is 0 Å². The maximum Gasteiger partial charge on any atom is 0.0587 e. The van der Waals surface area contributed by atoms with Crippen molar-refractivity contribution < 1.29 is 10.2 Å². The SMILES string of the molecule is CC(C)(C)C1CCC(CN2CCC(O)CC2CO)CC1. The fourth-order valence-electron chi connectivity index (χ4n) is 4.05. The molecule has 0 aromatic heterocycles. The first-order valence-electron chi connectivity index (χ1n) is 8.43. The van der Waals surface area contributed by atoms with E-state index in [1.807, 2.05) is 0 Å². The van der Waals surface area contributed by atoms with Crippen molar-refractivity contribution in [3.05, 3.63) is 0 Å². The lowest BCUT2D eigenvalue weighted by atomic mass is 9.69. The van der Waals surface area contributed by atoms with Crippen molar-refractivity contribution in [2.24, 2.45) is 17.3 Å². The van der Waals surface area contributed by atoms with Gasteiger partial charge in [0.05, 0.1) is 12.7 Å². The summed E-state index contributed by atoms with van der Waals surface area (Å²) in [5.41, 5.74) is 0.452. The molecule has 0 aromatic carbocycles.